The average Bonchev–Trinajstić information content (AvgIpc) is 2.86. The number of nitrogens with one attached hydrogen (secondary N) is 1. The Morgan fingerprint density at radius 1 is 1.61 bits per heavy atom. The molecule has 1 heterocycles. The lowest BCUT2D eigenvalue weighted by Gasteiger charge is -2.31. The largest absolute Gasteiger partial charge is 0.314 e. The van der Waals surface area contributed by atoms with E-state index in [2.05, 4.69) is 30.3 Å². The van der Waals surface area contributed by atoms with Gasteiger partial charge in [0.05, 0.1) is 0 Å². The summed E-state index contributed by atoms with van der Waals surface area (Å²) in [5.41, 5.74) is 1.64. The molecular formula is C16H25NS. The Morgan fingerprint density at radius 2 is 2.50 bits per heavy atom. The number of unbranched alkanes of at least 4 members (excludes halogenated alkanes) is 1. The van der Waals surface area contributed by atoms with Gasteiger partial charge in [0.1, 0.15) is 0 Å². The molecule has 2 unspecified atom stereocenters. The van der Waals surface area contributed by atoms with Gasteiger partial charge in [0.25, 0.3) is 0 Å². The van der Waals surface area contributed by atoms with Crippen molar-refractivity contribution in [2.24, 2.45) is 0 Å². The minimum Gasteiger partial charge on any atom is -0.314 e. The second-order valence-corrected chi connectivity index (χ2v) is 6.18. The van der Waals surface area contributed by atoms with Crippen LogP contribution in [0.3, 0.4) is 0 Å². The van der Waals surface area contributed by atoms with Gasteiger partial charge in [-0.2, -0.15) is 0 Å². The van der Waals surface area contributed by atoms with Crippen LogP contribution >= 0.6 is 11.3 Å². The molecule has 1 aromatic heterocycles. The fourth-order valence-electron chi connectivity index (χ4n) is 3.13. The van der Waals surface area contributed by atoms with E-state index in [9.17, 15) is 0 Å². The van der Waals surface area contributed by atoms with Crippen LogP contribution in [0.25, 0.3) is 0 Å². The van der Waals surface area contributed by atoms with E-state index in [1.165, 1.54) is 32.1 Å². The van der Waals surface area contributed by atoms with Crippen molar-refractivity contribution in [3.05, 3.63) is 34.5 Å². The predicted molar refractivity (Wildman–Crippen MR) is 81.5 cm³/mol. The van der Waals surface area contributed by atoms with E-state index in [0.717, 1.165) is 18.9 Å². The smallest absolute Gasteiger partial charge is 0.0136 e. The van der Waals surface area contributed by atoms with Crippen LogP contribution in [0.1, 0.15) is 55.4 Å². The molecule has 0 aromatic carbocycles. The van der Waals surface area contributed by atoms with Gasteiger partial charge in [0.2, 0.25) is 0 Å². The van der Waals surface area contributed by atoms with Crippen molar-refractivity contribution in [2.75, 3.05) is 6.54 Å². The van der Waals surface area contributed by atoms with Gasteiger partial charge >= 0.3 is 0 Å². The first-order chi connectivity index (χ1) is 8.86. The van der Waals surface area contributed by atoms with Gasteiger partial charge in [-0.3, -0.25) is 0 Å². The number of rotatable bonds is 7. The molecule has 0 aliphatic heterocycles. The Balaban J connectivity index is 2.04. The van der Waals surface area contributed by atoms with Gasteiger partial charge in [-0.15, -0.1) is 17.9 Å². The summed E-state index contributed by atoms with van der Waals surface area (Å²) >= 11 is 1.95. The van der Waals surface area contributed by atoms with E-state index < -0.39 is 0 Å². The molecule has 0 saturated heterocycles. The highest BCUT2D eigenvalue weighted by molar-refractivity contribution is 7.10. The van der Waals surface area contributed by atoms with Gasteiger partial charge in [-0.05, 0) is 62.1 Å². The number of hydrogen-bond acceptors (Lipinski definition) is 2. The van der Waals surface area contributed by atoms with Gasteiger partial charge < -0.3 is 5.32 Å². The molecule has 0 saturated carbocycles. The van der Waals surface area contributed by atoms with Crippen LogP contribution in [0.2, 0.25) is 0 Å². The zero-order valence-corrected chi connectivity index (χ0v) is 12.3. The second-order valence-electron chi connectivity index (χ2n) is 5.18. The molecule has 2 atom stereocenters. The summed E-state index contributed by atoms with van der Waals surface area (Å²) < 4.78 is 0. The lowest BCUT2D eigenvalue weighted by Crippen LogP contribution is -2.36. The third-order valence-electron chi connectivity index (χ3n) is 3.97. The molecule has 1 N–H and O–H groups in total. The SMILES string of the molecule is C=CCCCC(NCC)C1CCCc2sccc21. The Labute approximate surface area is 115 Å². The third-order valence-corrected chi connectivity index (χ3v) is 4.97. The quantitative estimate of drug-likeness (QED) is 0.564. The van der Waals surface area contributed by atoms with E-state index in [-0.39, 0.29) is 0 Å². The molecule has 2 heteroatoms. The maximum absolute atomic E-state index is 3.82. The molecule has 0 bridgehead atoms. The summed E-state index contributed by atoms with van der Waals surface area (Å²) in [6.45, 7) is 7.12. The monoisotopic (exact) mass is 263 g/mol. The molecule has 1 nitrogen and oxygen atoms in total. The molecular weight excluding hydrogens is 238 g/mol. The molecule has 1 aliphatic rings. The topological polar surface area (TPSA) is 12.0 Å². The standard InChI is InChI=1S/C16H25NS/c1-3-5-6-9-15(17-4-2)13-8-7-10-16-14(13)11-12-18-16/h3,11-13,15,17H,1,4-10H2,2H3. The van der Waals surface area contributed by atoms with E-state index in [1.54, 1.807) is 10.4 Å². The summed E-state index contributed by atoms with van der Waals surface area (Å²) in [4.78, 5) is 1.64. The Hall–Kier alpha value is -0.600. The van der Waals surface area contributed by atoms with E-state index in [1.807, 2.05) is 17.4 Å². The second kappa shape index (κ2) is 7.10. The summed E-state index contributed by atoms with van der Waals surface area (Å²) in [5, 5.41) is 5.99. The van der Waals surface area contributed by atoms with Crippen molar-refractivity contribution in [1.29, 1.82) is 0 Å². The summed E-state index contributed by atoms with van der Waals surface area (Å²) in [7, 11) is 0. The zero-order chi connectivity index (χ0) is 12.8. The highest BCUT2D eigenvalue weighted by Crippen LogP contribution is 2.38. The first-order valence-electron chi connectivity index (χ1n) is 7.27. The molecule has 0 amide bonds. The molecule has 2 rings (SSSR count). The van der Waals surface area contributed by atoms with Crippen LogP contribution in [-0.4, -0.2) is 12.6 Å². The molecule has 18 heavy (non-hydrogen) atoms. The van der Waals surface area contributed by atoms with Crippen molar-refractivity contribution < 1.29 is 0 Å². The molecule has 0 fully saturated rings. The first-order valence-corrected chi connectivity index (χ1v) is 8.15. The maximum atomic E-state index is 3.82. The Bertz CT molecular complexity index is 369. The van der Waals surface area contributed by atoms with Crippen molar-refractivity contribution >= 4 is 11.3 Å². The number of hydrogen-bond donors (Lipinski definition) is 1. The van der Waals surface area contributed by atoms with Crippen LogP contribution in [0, 0.1) is 0 Å². The number of allylic oxidation sites excluding steroid dienone is 1. The first kappa shape index (κ1) is 13.8. The number of aryl methyl sites for hydroxylation is 1. The third kappa shape index (κ3) is 3.24. The Kier molecular flexibility index (Phi) is 5.45. The molecule has 0 spiro atoms. The summed E-state index contributed by atoms with van der Waals surface area (Å²) in [5.74, 6) is 0.741. The van der Waals surface area contributed by atoms with Crippen LogP contribution in [0.4, 0.5) is 0 Å². The molecule has 1 aliphatic carbocycles. The highest BCUT2D eigenvalue weighted by Gasteiger charge is 2.27. The zero-order valence-electron chi connectivity index (χ0n) is 11.5. The van der Waals surface area contributed by atoms with Crippen molar-refractivity contribution in [3.63, 3.8) is 0 Å². The minimum atomic E-state index is 0.656. The van der Waals surface area contributed by atoms with Gasteiger partial charge in [-0.1, -0.05) is 13.0 Å². The van der Waals surface area contributed by atoms with Crippen LogP contribution < -0.4 is 5.32 Å². The van der Waals surface area contributed by atoms with Crippen LogP contribution in [-0.2, 0) is 6.42 Å². The number of fused-ring (bicyclic) bond motifs is 1. The van der Waals surface area contributed by atoms with E-state index in [0.29, 0.717) is 6.04 Å². The van der Waals surface area contributed by atoms with Crippen LogP contribution in [0.15, 0.2) is 24.1 Å². The van der Waals surface area contributed by atoms with Crippen molar-refractivity contribution in [3.8, 4) is 0 Å². The van der Waals surface area contributed by atoms with Gasteiger partial charge in [0, 0.05) is 16.8 Å². The molecule has 1 aromatic rings. The lowest BCUT2D eigenvalue weighted by atomic mass is 9.80. The molecule has 0 radical (unpaired) electrons. The summed E-state index contributed by atoms with van der Waals surface area (Å²) in [6, 6.07) is 3.02. The fourth-order valence-corrected chi connectivity index (χ4v) is 4.13. The van der Waals surface area contributed by atoms with E-state index >= 15 is 0 Å². The minimum absolute atomic E-state index is 0.656. The van der Waals surface area contributed by atoms with Crippen molar-refractivity contribution in [2.45, 2.75) is 57.4 Å². The fraction of sp³-hybridized carbons (Fsp3) is 0.625. The highest BCUT2D eigenvalue weighted by atomic mass is 32.1. The van der Waals surface area contributed by atoms with Gasteiger partial charge in [0.15, 0.2) is 0 Å². The van der Waals surface area contributed by atoms with E-state index in [4.69, 9.17) is 0 Å². The van der Waals surface area contributed by atoms with Gasteiger partial charge in [-0.25, -0.2) is 0 Å². The summed E-state index contributed by atoms with van der Waals surface area (Å²) in [6.07, 6.45) is 9.74. The normalized spacial score (nSPS) is 20.4. The maximum Gasteiger partial charge on any atom is 0.0136 e. The molecule has 100 valence electrons. The lowest BCUT2D eigenvalue weighted by molar-refractivity contribution is 0.375. The Morgan fingerprint density at radius 3 is 3.28 bits per heavy atom. The number of likely N-dealkylation sites (N-methyl/N-ethyl adjacent to an activating group) is 1. The predicted octanol–water partition coefficient (Wildman–Crippen LogP) is 4.50. The van der Waals surface area contributed by atoms with Crippen molar-refractivity contribution in [1.82, 2.24) is 5.32 Å². The average molecular weight is 263 g/mol. The van der Waals surface area contributed by atoms with Crippen LogP contribution in [0.5, 0.6) is 0 Å². The number of thiophene rings is 1.